The van der Waals surface area contributed by atoms with Gasteiger partial charge in [-0.1, -0.05) is 36.4 Å². The van der Waals surface area contributed by atoms with E-state index in [1.165, 1.54) is 21.9 Å². The topological polar surface area (TPSA) is 29.0 Å². The molecule has 4 rings (SSSR count). The summed E-state index contributed by atoms with van der Waals surface area (Å²) >= 11 is 0. The molecule has 2 N–H and O–H groups in total. The Morgan fingerprint density at radius 3 is 2.07 bits per heavy atom. The molecule has 1 heterocycles. The molecule has 2 aromatic rings. The van der Waals surface area contributed by atoms with Crippen LogP contribution in [-0.2, 0) is 0 Å². The van der Waals surface area contributed by atoms with Gasteiger partial charge in [0.15, 0.2) is 0 Å². The maximum atomic E-state index is 5.90. The van der Waals surface area contributed by atoms with Crippen molar-refractivity contribution in [1.29, 1.82) is 0 Å². The Labute approximate surface area is 81.9 Å². The van der Waals surface area contributed by atoms with Gasteiger partial charge in [-0.2, -0.15) is 0 Å². The van der Waals surface area contributed by atoms with Gasteiger partial charge < -0.3 is 0 Å². The summed E-state index contributed by atoms with van der Waals surface area (Å²) in [6, 6.07) is 13.9. The molecule has 2 aromatic carbocycles. The van der Waals surface area contributed by atoms with Crippen molar-refractivity contribution >= 4 is 10.8 Å². The van der Waals surface area contributed by atoms with Crippen molar-refractivity contribution in [2.24, 2.45) is 5.84 Å². The molecule has 2 atom stereocenters. The number of nitrogens with two attached hydrogens (primary N) is 1. The molecule has 1 saturated heterocycles. The van der Waals surface area contributed by atoms with E-state index < -0.39 is 0 Å². The van der Waals surface area contributed by atoms with Crippen molar-refractivity contribution in [3.63, 3.8) is 0 Å². The number of fused-ring (bicyclic) bond motifs is 3. The van der Waals surface area contributed by atoms with Gasteiger partial charge in [0.2, 0.25) is 0 Å². The van der Waals surface area contributed by atoms with Crippen LogP contribution in [0.15, 0.2) is 36.4 Å². The standard InChI is InChI=1S/C12H10N2/c13-14-11-8-5-1-3-7-4-2-6-9(10(7)8)12(11)14/h1-6,11-12H,13H2. The van der Waals surface area contributed by atoms with E-state index in [0.29, 0.717) is 12.1 Å². The third-order valence-electron chi connectivity index (χ3n) is 3.46. The predicted molar refractivity (Wildman–Crippen MR) is 55.5 cm³/mol. The molecule has 68 valence electrons. The molecular weight excluding hydrogens is 172 g/mol. The summed E-state index contributed by atoms with van der Waals surface area (Å²) < 4.78 is 0. The van der Waals surface area contributed by atoms with Crippen LogP contribution in [0.2, 0.25) is 0 Å². The number of hydrazine groups is 1. The second-order valence-electron chi connectivity index (χ2n) is 4.13. The number of nitrogens with zero attached hydrogens (tertiary/aromatic N) is 1. The van der Waals surface area contributed by atoms with Gasteiger partial charge in [-0.25, -0.2) is 5.01 Å². The molecular formula is C12H10N2. The lowest BCUT2D eigenvalue weighted by molar-refractivity contribution is 0.513. The number of benzene rings is 2. The first-order valence-electron chi connectivity index (χ1n) is 4.92. The monoisotopic (exact) mass is 182 g/mol. The molecule has 0 radical (unpaired) electrons. The van der Waals surface area contributed by atoms with Crippen molar-refractivity contribution in [3.8, 4) is 0 Å². The normalized spacial score (nSPS) is 31.9. The third-order valence-corrected chi connectivity index (χ3v) is 3.46. The molecule has 1 fully saturated rings. The van der Waals surface area contributed by atoms with Crippen LogP contribution in [0.25, 0.3) is 10.8 Å². The van der Waals surface area contributed by atoms with E-state index in [4.69, 9.17) is 5.84 Å². The smallest absolute Gasteiger partial charge is 0.0715 e. The van der Waals surface area contributed by atoms with Crippen molar-refractivity contribution < 1.29 is 0 Å². The lowest BCUT2D eigenvalue weighted by Crippen LogP contribution is -2.09. The fourth-order valence-electron chi connectivity index (χ4n) is 2.80. The van der Waals surface area contributed by atoms with Gasteiger partial charge in [-0.15, -0.1) is 0 Å². The Morgan fingerprint density at radius 2 is 1.50 bits per heavy atom. The highest BCUT2D eigenvalue weighted by molar-refractivity contribution is 5.93. The van der Waals surface area contributed by atoms with E-state index in [9.17, 15) is 0 Å². The highest BCUT2D eigenvalue weighted by Crippen LogP contribution is 2.60. The van der Waals surface area contributed by atoms with Gasteiger partial charge >= 0.3 is 0 Å². The van der Waals surface area contributed by atoms with Crippen LogP contribution in [0.1, 0.15) is 23.2 Å². The number of rotatable bonds is 0. The molecule has 0 bridgehead atoms. The molecule has 0 saturated carbocycles. The highest BCUT2D eigenvalue weighted by atomic mass is 15.6. The van der Waals surface area contributed by atoms with Crippen molar-refractivity contribution in [2.75, 3.05) is 0 Å². The molecule has 1 aliphatic heterocycles. The van der Waals surface area contributed by atoms with Crippen LogP contribution in [0.4, 0.5) is 0 Å². The Bertz CT molecular complexity index is 502. The average molecular weight is 182 g/mol. The van der Waals surface area contributed by atoms with Gasteiger partial charge in [0.25, 0.3) is 0 Å². The van der Waals surface area contributed by atoms with E-state index in [0.717, 1.165) is 0 Å². The Hall–Kier alpha value is -1.38. The van der Waals surface area contributed by atoms with E-state index in [1.807, 2.05) is 5.01 Å². The maximum Gasteiger partial charge on any atom is 0.0715 e. The van der Waals surface area contributed by atoms with Crippen LogP contribution in [0, 0.1) is 0 Å². The lowest BCUT2D eigenvalue weighted by Gasteiger charge is -2.07. The summed E-state index contributed by atoms with van der Waals surface area (Å²) in [7, 11) is 0. The summed E-state index contributed by atoms with van der Waals surface area (Å²) in [6.07, 6.45) is 0. The number of hydrogen-bond acceptors (Lipinski definition) is 2. The second kappa shape index (κ2) is 2.00. The SMILES string of the molecule is NN1C2c3cccc4cccc(c34)C21. The quantitative estimate of drug-likeness (QED) is 0.499. The molecule has 14 heavy (non-hydrogen) atoms. The molecule has 2 aliphatic rings. The largest absolute Gasteiger partial charge is 0.268 e. The Kier molecular flexibility index (Phi) is 0.996. The average Bonchev–Trinajstić information content (AvgIpc) is 2.74. The molecule has 2 unspecified atom stereocenters. The summed E-state index contributed by atoms with van der Waals surface area (Å²) in [6.45, 7) is 0. The van der Waals surface area contributed by atoms with E-state index in [1.54, 1.807) is 0 Å². The van der Waals surface area contributed by atoms with E-state index in [-0.39, 0.29) is 0 Å². The van der Waals surface area contributed by atoms with Gasteiger partial charge in [-0.3, -0.25) is 5.84 Å². The first kappa shape index (κ1) is 6.98. The van der Waals surface area contributed by atoms with Crippen LogP contribution in [-0.4, -0.2) is 5.01 Å². The minimum Gasteiger partial charge on any atom is -0.268 e. The van der Waals surface area contributed by atoms with Gasteiger partial charge in [0.1, 0.15) is 0 Å². The zero-order valence-electron chi connectivity index (χ0n) is 7.64. The fraction of sp³-hybridized carbons (Fsp3) is 0.167. The Balaban J connectivity index is 2.19. The molecule has 2 heteroatoms. The van der Waals surface area contributed by atoms with Crippen molar-refractivity contribution in [2.45, 2.75) is 12.1 Å². The molecule has 0 aromatic heterocycles. The van der Waals surface area contributed by atoms with Crippen molar-refractivity contribution in [3.05, 3.63) is 47.5 Å². The van der Waals surface area contributed by atoms with Gasteiger partial charge in [-0.05, 0) is 21.9 Å². The second-order valence-corrected chi connectivity index (χ2v) is 4.13. The zero-order valence-corrected chi connectivity index (χ0v) is 7.64. The summed E-state index contributed by atoms with van der Waals surface area (Å²) in [5.74, 6) is 5.90. The number of hydrogen-bond donors (Lipinski definition) is 1. The van der Waals surface area contributed by atoms with Crippen LogP contribution < -0.4 is 5.84 Å². The Morgan fingerprint density at radius 1 is 0.929 bits per heavy atom. The first-order valence-corrected chi connectivity index (χ1v) is 4.92. The summed E-state index contributed by atoms with van der Waals surface area (Å²) in [4.78, 5) is 0. The van der Waals surface area contributed by atoms with Crippen LogP contribution >= 0.6 is 0 Å². The van der Waals surface area contributed by atoms with Gasteiger partial charge in [0, 0.05) is 0 Å². The van der Waals surface area contributed by atoms with Crippen molar-refractivity contribution in [1.82, 2.24) is 5.01 Å². The van der Waals surface area contributed by atoms with E-state index in [2.05, 4.69) is 36.4 Å². The minimum absolute atomic E-state index is 0.455. The van der Waals surface area contributed by atoms with Crippen LogP contribution in [0.5, 0.6) is 0 Å². The third kappa shape index (κ3) is 0.596. The lowest BCUT2D eigenvalue weighted by atomic mass is 10.0. The maximum absolute atomic E-state index is 5.90. The summed E-state index contributed by atoms with van der Waals surface area (Å²) in [5.41, 5.74) is 2.82. The minimum atomic E-state index is 0.455. The summed E-state index contributed by atoms with van der Waals surface area (Å²) in [5, 5.41) is 4.73. The molecule has 0 spiro atoms. The van der Waals surface area contributed by atoms with Gasteiger partial charge in [0.05, 0.1) is 12.1 Å². The first-order chi connectivity index (χ1) is 6.88. The highest BCUT2D eigenvalue weighted by Gasteiger charge is 2.53. The molecule has 0 amide bonds. The molecule has 1 aliphatic carbocycles. The van der Waals surface area contributed by atoms with E-state index >= 15 is 0 Å². The molecule has 2 nitrogen and oxygen atoms in total. The zero-order chi connectivity index (χ0) is 9.28. The van der Waals surface area contributed by atoms with Crippen LogP contribution in [0.3, 0.4) is 0 Å². The fourth-order valence-corrected chi connectivity index (χ4v) is 2.80. The predicted octanol–water partition coefficient (Wildman–Crippen LogP) is 2.12.